The van der Waals surface area contributed by atoms with Gasteiger partial charge >= 0.3 is 0 Å². The molecule has 0 spiro atoms. The number of anilines is 2. The van der Waals surface area contributed by atoms with Gasteiger partial charge in [0.25, 0.3) is 5.91 Å². The molecule has 156 valence electrons. The van der Waals surface area contributed by atoms with E-state index in [0.717, 1.165) is 23.2 Å². The minimum absolute atomic E-state index is 0.105. The van der Waals surface area contributed by atoms with Crippen molar-refractivity contribution in [2.75, 3.05) is 10.2 Å². The van der Waals surface area contributed by atoms with Crippen molar-refractivity contribution in [3.05, 3.63) is 71.3 Å². The van der Waals surface area contributed by atoms with Crippen molar-refractivity contribution in [1.82, 2.24) is 0 Å². The molecule has 1 N–H and O–H groups in total. The van der Waals surface area contributed by atoms with Crippen molar-refractivity contribution in [2.24, 2.45) is 35.5 Å². The number of hydrogen-bond donors (Lipinski definition) is 1. The van der Waals surface area contributed by atoms with Gasteiger partial charge < -0.3 is 5.32 Å². The van der Waals surface area contributed by atoms with Crippen LogP contribution in [-0.4, -0.2) is 17.7 Å². The molecule has 7 rings (SSSR count). The van der Waals surface area contributed by atoms with Gasteiger partial charge in [-0.15, -0.1) is 0 Å². The average Bonchev–Trinajstić information content (AvgIpc) is 3.54. The van der Waals surface area contributed by atoms with E-state index in [1.807, 2.05) is 32.0 Å². The molecule has 2 aromatic carbocycles. The first-order valence-corrected chi connectivity index (χ1v) is 11.0. The number of imide groups is 1. The second-order valence-corrected chi connectivity index (χ2v) is 9.47. The third kappa shape index (κ3) is 2.65. The van der Waals surface area contributed by atoms with E-state index in [0.29, 0.717) is 23.1 Å². The number of rotatable bonds is 3. The summed E-state index contributed by atoms with van der Waals surface area (Å²) < 4.78 is 0. The van der Waals surface area contributed by atoms with Crippen LogP contribution >= 0.6 is 0 Å². The van der Waals surface area contributed by atoms with Gasteiger partial charge in [-0.3, -0.25) is 14.4 Å². The maximum atomic E-state index is 13.3. The molecule has 5 heteroatoms. The fourth-order valence-electron chi connectivity index (χ4n) is 6.02. The maximum absolute atomic E-state index is 13.3. The molecule has 2 bridgehead atoms. The number of aryl methyl sites for hydroxylation is 2. The lowest BCUT2D eigenvalue weighted by molar-refractivity contribution is -0.124. The van der Waals surface area contributed by atoms with Gasteiger partial charge in [-0.05, 0) is 85.4 Å². The molecule has 6 atom stereocenters. The minimum Gasteiger partial charge on any atom is -0.322 e. The Kier molecular flexibility index (Phi) is 3.83. The van der Waals surface area contributed by atoms with Crippen molar-refractivity contribution in [3.8, 4) is 0 Å². The van der Waals surface area contributed by atoms with E-state index in [4.69, 9.17) is 0 Å². The minimum atomic E-state index is -0.260. The van der Waals surface area contributed by atoms with Crippen LogP contribution < -0.4 is 10.2 Å². The van der Waals surface area contributed by atoms with E-state index in [9.17, 15) is 14.4 Å². The van der Waals surface area contributed by atoms with Gasteiger partial charge in [-0.1, -0.05) is 24.3 Å². The summed E-state index contributed by atoms with van der Waals surface area (Å²) in [6.07, 6.45) is 5.48. The van der Waals surface area contributed by atoms with E-state index >= 15 is 0 Å². The molecule has 0 radical (unpaired) electrons. The molecule has 31 heavy (non-hydrogen) atoms. The number of nitrogens with zero attached hydrogens (tertiary/aromatic N) is 1. The summed E-state index contributed by atoms with van der Waals surface area (Å²) in [4.78, 5) is 40.8. The fourth-order valence-corrected chi connectivity index (χ4v) is 6.02. The molecular weight excluding hydrogens is 388 g/mol. The molecule has 0 aromatic heterocycles. The molecule has 1 aliphatic heterocycles. The van der Waals surface area contributed by atoms with Crippen LogP contribution in [0.2, 0.25) is 0 Å². The Hall–Kier alpha value is -3.21. The normalized spacial score (nSPS) is 32.1. The van der Waals surface area contributed by atoms with Crippen molar-refractivity contribution in [2.45, 2.75) is 20.3 Å². The average molecular weight is 412 g/mol. The van der Waals surface area contributed by atoms with Gasteiger partial charge in [0, 0.05) is 11.3 Å². The van der Waals surface area contributed by atoms with Crippen molar-refractivity contribution >= 4 is 29.1 Å². The molecular formula is C26H24N2O3. The van der Waals surface area contributed by atoms with Gasteiger partial charge in [0.15, 0.2) is 0 Å². The van der Waals surface area contributed by atoms with Gasteiger partial charge in [0.2, 0.25) is 11.8 Å². The van der Waals surface area contributed by atoms with E-state index in [-0.39, 0.29) is 41.4 Å². The quantitative estimate of drug-likeness (QED) is 0.609. The number of carbonyl (C=O) groups excluding carboxylic acids is 3. The standard InChI is InChI=1S/C26H24N2O3/c1-13-6-7-16(10-14(13)2)27-24(29)15-4-3-5-17(11-15)28-25(30)22-18-8-9-19(21-12-20(18)21)23(22)26(28)31/h3-11,18-23H,12H2,1-2H3,(H,27,29)/t18-,19-,20-,21-,22-,23+/m0/s1. The Balaban J connectivity index is 1.28. The number of hydrogen-bond acceptors (Lipinski definition) is 3. The molecule has 0 unspecified atom stereocenters. The van der Waals surface area contributed by atoms with Gasteiger partial charge in [0.05, 0.1) is 17.5 Å². The third-order valence-corrected chi connectivity index (χ3v) is 7.79. The smallest absolute Gasteiger partial charge is 0.255 e. The Morgan fingerprint density at radius 1 is 0.903 bits per heavy atom. The third-order valence-electron chi connectivity index (χ3n) is 7.79. The second-order valence-electron chi connectivity index (χ2n) is 9.47. The summed E-state index contributed by atoms with van der Waals surface area (Å²) in [5.41, 5.74) is 3.90. The summed E-state index contributed by atoms with van der Waals surface area (Å²) in [5, 5.41) is 2.91. The van der Waals surface area contributed by atoms with Crippen molar-refractivity contribution < 1.29 is 14.4 Å². The molecule has 3 fully saturated rings. The fraction of sp³-hybridized carbons (Fsp3) is 0.346. The van der Waals surface area contributed by atoms with Gasteiger partial charge in [-0.2, -0.15) is 0 Å². The Bertz CT molecular complexity index is 1150. The molecule has 2 saturated carbocycles. The Morgan fingerprint density at radius 3 is 2.23 bits per heavy atom. The van der Waals surface area contributed by atoms with E-state index < -0.39 is 0 Å². The highest BCUT2D eigenvalue weighted by molar-refractivity contribution is 6.23. The zero-order chi connectivity index (χ0) is 21.4. The SMILES string of the molecule is Cc1ccc(NC(=O)c2cccc(N3C(=O)[C@@H]4[C@H]5C=C[C@@H]([C@@H]6C[C@@H]56)[C@@H]4C3=O)c2)cc1C. The highest BCUT2D eigenvalue weighted by Gasteiger charge is 2.67. The number of amides is 3. The van der Waals surface area contributed by atoms with Crippen LogP contribution in [0.3, 0.4) is 0 Å². The Labute approximate surface area is 181 Å². The molecule has 5 nitrogen and oxygen atoms in total. The van der Waals surface area contributed by atoms with E-state index in [1.54, 1.807) is 24.3 Å². The summed E-state index contributed by atoms with van der Waals surface area (Å²) in [7, 11) is 0. The van der Waals surface area contributed by atoms with Crippen LogP contribution in [0.25, 0.3) is 0 Å². The Morgan fingerprint density at radius 2 is 1.58 bits per heavy atom. The van der Waals surface area contributed by atoms with Crippen LogP contribution in [0.1, 0.15) is 27.9 Å². The first kappa shape index (κ1) is 18.6. The van der Waals surface area contributed by atoms with Gasteiger partial charge in [0.1, 0.15) is 0 Å². The largest absolute Gasteiger partial charge is 0.322 e. The summed E-state index contributed by atoms with van der Waals surface area (Å²) in [6.45, 7) is 4.03. The second kappa shape index (κ2) is 6.39. The lowest BCUT2D eigenvalue weighted by Crippen LogP contribution is -2.40. The predicted octanol–water partition coefficient (Wildman–Crippen LogP) is 4.11. The number of carbonyl (C=O) groups is 3. The number of benzene rings is 2. The van der Waals surface area contributed by atoms with E-state index in [1.165, 1.54) is 4.90 Å². The molecule has 1 saturated heterocycles. The van der Waals surface area contributed by atoms with Crippen LogP contribution in [0.4, 0.5) is 11.4 Å². The van der Waals surface area contributed by atoms with Gasteiger partial charge in [-0.25, -0.2) is 4.90 Å². The molecule has 2 aromatic rings. The summed E-state index contributed by atoms with van der Waals surface area (Å²) in [5.74, 6) is 0.586. The van der Waals surface area contributed by atoms with Crippen LogP contribution in [-0.2, 0) is 9.59 Å². The van der Waals surface area contributed by atoms with Crippen LogP contribution in [0.15, 0.2) is 54.6 Å². The van der Waals surface area contributed by atoms with Crippen LogP contribution in [0, 0.1) is 49.4 Å². The zero-order valence-corrected chi connectivity index (χ0v) is 17.5. The lowest BCUT2D eigenvalue weighted by Gasteiger charge is -2.37. The summed E-state index contributed by atoms with van der Waals surface area (Å²) in [6, 6.07) is 12.6. The van der Waals surface area contributed by atoms with Crippen LogP contribution in [0.5, 0.6) is 0 Å². The molecule has 5 aliphatic rings. The van der Waals surface area contributed by atoms with Crippen molar-refractivity contribution in [1.29, 1.82) is 0 Å². The maximum Gasteiger partial charge on any atom is 0.255 e. The lowest BCUT2D eigenvalue weighted by atomic mass is 9.63. The van der Waals surface area contributed by atoms with Crippen molar-refractivity contribution in [3.63, 3.8) is 0 Å². The molecule has 1 heterocycles. The number of nitrogens with one attached hydrogen (secondary N) is 1. The predicted molar refractivity (Wildman–Crippen MR) is 118 cm³/mol. The molecule has 3 amide bonds. The van der Waals surface area contributed by atoms with E-state index in [2.05, 4.69) is 17.5 Å². The first-order chi connectivity index (χ1) is 14.9. The first-order valence-electron chi connectivity index (χ1n) is 11.0. The topological polar surface area (TPSA) is 66.5 Å². The molecule has 4 aliphatic carbocycles. The monoisotopic (exact) mass is 412 g/mol. The summed E-state index contributed by atoms with van der Waals surface area (Å²) >= 11 is 0. The highest BCUT2D eigenvalue weighted by atomic mass is 16.2. The number of allylic oxidation sites excluding steroid dienone is 2. The highest BCUT2D eigenvalue weighted by Crippen LogP contribution is 2.65. The zero-order valence-electron chi connectivity index (χ0n) is 17.5.